The predicted octanol–water partition coefficient (Wildman–Crippen LogP) is 5.21. The molecule has 0 fully saturated rings. The number of aliphatic hydroxyl groups is 1. The van der Waals surface area contributed by atoms with Crippen molar-refractivity contribution in [3.05, 3.63) is 67.5 Å². The minimum atomic E-state index is -0.659. The molecule has 0 amide bonds. The Morgan fingerprint density at radius 1 is 1.03 bits per heavy atom. The monoisotopic (exact) mass is 465 g/mol. The van der Waals surface area contributed by atoms with Crippen LogP contribution in [-0.4, -0.2) is 41.5 Å². The summed E-state index contributed by atoms with van der Waals surface area (Å²) in [6.45, 7) is 3.90. The first-order valence-corrected chi connectivity index (χ1v) is 11.3. The lowest BCUT2D eigenvalue weighted by Crippen LogP contribution is -2.24. The number of benzene rings is 1. The van der Waals surface area contributed by atoms with E-state index in [-0.39, 0.29) is 5.92 Å². The summed E-state index contributed by atoms with van der Waals surface area (Å²) in [5.74, 6) is 0.744. The number of nitrogens with one attached hydrogen (secondary N) is 3. The van der Waals surface area contributed by atoms with E-state index >= 15 is 0 Å². The zero-order valence-electron chi connectivity index (χ0n) is 19.1. The average molecular weight is 466 g/mol. The number of anilines is 1. The third-order valence-corrected chi connectivity index (χ3v) is 6.01. The van der Waals surface area contributed by atoms with Gasteiger partial charge in [-0.25, -0.2) is 9.97 Å². The summed E-state index contributed by atoms with van der Waals surface area (Å²) in [7, 11) is 0. The van der Waals surface area contributed by atoms with E-state index in [1.54, 1.807) is 31.1 Å². The van der Waals surface area contributed by atoms with Gasteiger partial charge in [-0.3, -0.25) is 10.1 Å². The number of aliphatic hydroxyl groups excluding tert-OH is 1. The number of furan rings is 1. The largest absolute Gasteiger partial charge is 0.472 e. The third kappa shape index (κ3) is 3.81. The van der Waals surface area contributed by atoms with E-state index in [1.165, 1.54) is 0 Å². The molecule has 5 heterocycles. The van der Waals surface area contributed by atoms with Crippen LogP contribution in [0.4, 0.5) is 5.69 Å². The smallest absolute Gasteiger partial charge is 0.181 e. The highest BCUT2D eigenvalue weighted by Crippen LogP contribution is 2.33. The van der Waals surface area contributed by atoms with Crippen LogP contribution in [0.1, 0.15) is 13.8 Å². The fourth-order valence-corrected chi connectivity index (χ4v) is 4.05. The molecule has 0 spiro atoms. The van der Waals surface area contributed by atoms with Crippen LogP contribution >= 0.6 is 0 Å². The van der Waals surface area contributed by atoms with E-state index < -0.39 is 6.23 Å². The Kier molecular flexibility index (Phi) is 5.04. The van der Waals surface area contributed by atoms with Crippen molar-refractivity contribution >= 4 is 27.8 Å². The van der Waals surface area contributed by atoms with E-state index in [0.29, 0.717) is 11.5 Å². The van der Waals surface area contributed by atoms with E-state index in [1.807, 2.05) is 50.2 Å². The maximum absolute atomic E-state index is 10.2. The van der Waals surface area contributed by atoms with Crippen molar-refractivity contribution in [2.24, 2.45) is 5.92 Å². The topological polar surface area (TPSA) is 129 Å². The summed E-state index contributed by atoms with van der Waals surface area (Å²) in [5, 5.41) is 21.6. The summed E-state index contributed by atoms with van der Waals surface area (Å²) >= 11 is 0. The molecule has 1 atom stereocenters. The number of hydrogen-bond donors (Lipinski definition) is 4. The molecule has 5 aromatic heterocycles. The molecular formula is C26H23N7O2. The van der Waals surface area contributed by atoms with Gasteiger partial charge in [0, 0.05) is 34.6 Å². The minimum absolute atomic E-state index is 0.0722. The number of imidazole rings is 1. The molecule has 0 saturated heterocycles. The number of aromatic amines is 2. The van der Waals surface area contributed by atoms with Crippen LogP contribution in [0.15, 0.2) is 71.9 Å². The van der Waals surface area contributed by atoms with Crippen LogP contribution < -0.4 is 5.32 Å². The first-order chi connectivity index (χ1) is 17.1. The number of aromatic nitrogens is 6. The Hall–Kier alpha value is -4.50. The number of para-hydroxylation sites is 1. The van der Waals surface area contributed by atoms with Gasteiger partial charge in [0.15, 0.2) is 11.5 Å². The van der Waals surface area contributed by atoms with Gasteiger partial charge in [0.05, 0.1) is 40.8 Å². The molecule has 9 nitrogen and oxygen atoms in total. The quantitative estimate of drug-likeness (QED) is 0.249. The molecule has 0 aliphatic carbocycles. The average Bonchev–Trinajstić information content (AvgIpc) is 3.62. The number of pyridine rings is 2. The maximum atomic E-state index is 10.2. The first-order valence-electron chi connectivity index (χ1n) is 11.3. The molecule has 4 N–H and O–H groups in total. The summed E-state index contributed by atoms with van der Waals surface area (Å²) < 4.78 is 5.26. The number of hydrogen-bond acceptors (Lipinski definition) is 7. The first kappa shape index (κ1) is 21.1. The third-order valence-electron chi connectivity index (χ3n) is 6.01. The van der Waals surface area contributed by atoms with Crippen LogP contribution in [0.5, 0.6) is 0 Å². The molecule has 6 rings (SSSR count). The van der Waals surface area contributed by atoms with E-state index in [2.05, 4.69) is 30.5 Å². The molecule has 0 radical (unpaired) electrons. The second-order valence-corrected chi connectivity index (χ2v) is 8.79. The molecule has 0 aliphatic rings. The Balaban J connectivity index is 1.41. The zero-order chi connectivity index (χ0) is 23.9. The highest BCUT2D eigenvalue weighted by Gasteiger charge is 2.17. The lowest BCUT2D eigenvalue weighted by atomic mass is 10.1. The Morgan fingerprint density at radius 3 is 2.74 bits per heavy atom. The molecule has 1 unspecified atom stereocenters. The lowest BCUT2D eigenvalue weighted by molar-refractivity contribution is 0.153. The van der Waals surface area contributed by atoms with Crippen LogP contribution in [0.25, 0.3) is 55.8 Å². The van der Waals surface area contributed by atoms with E-state index in [9.17, 15) is 5.11 Å². The molecule has 1 aromatic carbocycles. The zero-order valence-corrected chi connectivity index (χ0v) is 19.1. The van der Waals surface area contributed by atoms with Crippen LogP contribution in [-0.2, 0) is 0 Å². The van der Waals surface area contributed by atoms with Gasteiger partial charge < -0.3 is 19.8 Å². The van der Waals surface area contributed by atoms with Crippen LogP contribution in [0.2, 0.25) is 0 Å². The maximum Gasteiger partial charge on any atom is 0.181 e. The Morgan fingerprint density at radius 2 is 1.91 bits per heavy atom. The van der Waals surface area contributed by atoms with Gasteiger partial charge in [-0.1, -0.05) is 26.0 Å². The van der Waals surface area contributed by atoms with Gasteiger partial charge in [0.25, 0.3) is 0 Å². The molecule has 9 heteroatoms. The standard InChI is InChI=1S/C26H23N7O2/c1-14(2)26(34)29-18-8-16(10-27-12-18)17-9-20-23(32-33-24(20)28-11-17)25-30-21-5-3-4-19(22(21)31-25)15-6-7-35-13-15/h3-14,26,29,34H,1-2H3,(H,30,31)(H,28,32,33). The molecule has 0 bridgehead atoms. The fourth-order valence-electron chi connectivity index (χ4n) is 4.05. The predicted molar refractivity (Wildman–Crippen MR) is 134 cm³/mol. The van der Waals surface area contributed by atoms with Gasteiger partial charge in [0.1, 0.15) is 11.9 Å². The fraction of sp³-hybridized carbons (Fsp3) is 0.154. The summed E-state index contributed by atoms with van der Waals surface area (Å²) in [6.07, 6.45) is 7.93. The van der Waals surface area contributed by atoms with Crippen molar-refractivity contribution in [2.75, 3.05) is 5.32 Å². The van der Waals surface area contributed by atoms with Crippen LogP contribution in [0, 0.1) is 5.92 Å². The molecule has 0 aliphatic heterocycles. The second kappa shape index (κ2) is 8.37. The summed E-state index contributed by atoms with van der Waals surface area (Å²) in [5.41, 5.74) is 7.55. The van der Waals surface area contributed by atoms with Crippen LogP contribution in [0.3, 0.4) is 0 Å². The van der Waals surface area contributed by atoms with E-state index in [0.717, 1.165) is 50.1 Å². The van der Waals surface area contributed by atoms with Gasteiger partial charge >= 0.3 is 0 Å². The molecular weight excluding hydrogens is 442 g/mol. The van der Waals surface area contributed by atoms with Crippen molar-refractivity contribution in [2.45, 2.75) is 20.1 Å². The molecule has 6 aromatic rings. The van der Waals surface area contributed by atoms with Gasteiger partial charge in [-0.05, 0) is 30.2 Å². The molecule has 35 heavy (non-hydrogen) atoms. The molecule has 0 saturated carbocycles. The Bertz CT molecular complexity index is 1630. The van der Waals surface area contributed by atoms with E-state index in [4.69, 9.17) is 9.40 Å². The summed E-state index contributed by atoms with van der Waals surface area (Å²) in [4.78, 5) is 17.2. The highest BCUT2D eigenvalue weighted by atomic mass is 16.3. The molecule has 174 valence electrons. The minimum Gasteiger partial charge on any atom is -0.472 e. The lowest BCUT2D eigenvalue weighted by Gasteiger charge is -2.17. The van der Waals surface area contributed by atoms with Gasteiger partial charge in [-0.2, -0.15) is 5.10 Å². The van der Waals surface area contributed by atoms with Crippen molar-refractivity contribution in [1.82, 2.24) is 30.1 Å². The van der Waals surface area contributed by atoms with Gasteiger partial charge in [0.2, 0.25) is 0 Å². The second-order valence-electron chi connectivity index (χ2n) is 8.79. The number of H-pyrrole nitrogens is 2. The highest BCUT2D eigenvalue weighted by molar-refractivity contribution is 5.97. The Labute approximate surface area is 200 Å². The number of rotatable bonds is 6. The van der Waals surface area contributed by atoms with Crippen molar-refractivity contribution in [3.63, 3.8) is 0 Å². The number of fused-ring (bicyclic) bond motifs is 2. The van der Waals surface area contributed by atoms with Crippen molar-refractivity contribution in [3.8, 4) is 33.8 Å². The normalized spacial score (nSPS) is 12.6. The van der Waals surface area contributed by atoms with Gasteiger partial charge in [-0.15, -0.1) is 0 Å². The number of nitrogens with zero attached hydrogens (tertiary/aromatic N) is 4. The van der Waals surface area contributed by atoms with Crippen molar-refractivity contribution in [1.29, 1.82) is 0 Å². The summed E-state index contributed by atoms with van der Waals surface area (Å²) in [6, 6.07) is 11.9. The SMILES string of the molecule is CC(C)C(O)Nc1cncc(-c2cnc3n[nH]c(-c4nc5c(-c6ccoc6)cccc5[nH]4)c3c2)c1. The van der Waals surface area contributed by atoms with Crippen molar-refractivity contribution < 1.29 is 9.52 Å².